The summed E-state index contributed by atoms with van der Waals surface area (Å²) in [5.41, 5.74) is 0.645. The van der Waals surface area contributed by atoms with Crippen LogP contribution in [0.15, 0.2) is 30.0 Å². The summed E-state index contributed by atoms with van der Waals surface area (Å²) in [6, 6.07) is 4.40. The molecule has 0 saturated heterocycles. The fourth-order valence-corrected chi connectivity index (χ4v) is 2.70. The number of aldehydes is 1. The first-order chi connectivity index (χ1) is 7.86. The molecule has 1 unspecified atom stereocenters. The fraction of sp³-hybridized carbons (Fsp3) is 0.333. The predicted octanol–water partition coefficient (Wildman–Crippen LogP) is 3.15. The zero-order valence-corrected chi connectivity index (χ0v) is 9.98. The van der Waals surface area contributed by atoms with Crippen LogP contribution in [0.4, 0.5) is 0 Å². The molecule has 2 aromatic rings. The molecule has 0 amide bonds. The molecule has 0 aliphatic carbocycles. The number of nitrogens with zero attached hydrogens (tertiary/aromatic N) is 2. The number of carbonyl (C=O) groups is 1. The van der Waals surface area contributed by atoms with Gasteiger partial charge in [-0.15, -0.1) is 11.3 Å². The molecule has 2 heterocycles. The van der Waals surface area contributed by atoms with Crippen molar-refractivity contribution >= 4 is 17.6 Å². The fourth-order valence-electron chi connectivity index (χ4n) is 1.84. The van der Waals surface area contributed by atoms with Gasteiger partial charge in [0.1, 0.15) is 5.69 Å². The molecule has 0 radical (unpaired) electrons. The van der Waals surface area contributed by atoms with E-state index in [2.05, 4.69) is 23.4 Å². The van der Waals surface area contributed by atoms with Crippen LogP contribution in [0.1, 0.15) is 41.2 Å². The highest BCUT2D eigenvalue weighted by Gasteiger charge is 2.16. The van der Waals surface area contributed by atoms with E-state index in [4.69, 9.17) is 0 Å². The van der Waals surface area contributed by atoms with Crippen LogP contribution in [-0.2, 0) is 0 Å². The van der Waals surface area contributed by atoms with Gasteiger partial charge in [-0.05, 0) is 17.9 Å². The lowest BCUT2D eigenvalue weighted by Gasteiger charge is -2.17. The standard InChI is InChI=1S/C12H14N2OS/c1-2-4-11(12-5-3-6-16-12)14-9-13-7-10(14)8-15/h3,5-9,11H,2,4H2,1H3. The minimum atomic E-state index is 0.243. The molecule has 4 heteroatoms. The second kappa shape index (κ2) is 5.07. The van der Waals surface area contributed by atoms with Gasteiger partial charge in [0.25, 0.3) is 0 Å². The van der Waals surface area contributed by atoms with Gasteiger partial charge in [0.05, 0.1) is 18.6 Å². The Morgan fingerprint density at radius 1 is 1.62 bits per heavy atom. The molecule has 2 aromatic heterocycles. The highest BCUT2D eigenvalue weighted by molar-refractivity contribution is 7.10. The van der Waals surface area contributed by atoms with Gasteiger partial charge in [0.15, 0.2) is 6.29 Å². The summed E-state index contributed by atoms with van der Waals surface area (Å²) in [4.78, 5) is 16.2. The first-order valence-corrected chi connectivity index (χ1v) is 6.25. The van der Waals surface area contributed by atoms with Gasteiger partial charge in [0, 0.05) is 4.88 Å². The van der Waals surface area contributed by atoms with Crippen LogP contribution in [0, 0.1) is 0 Å². The van der Waals surface area contributed by atoms with Gasteiger partial charge in [-0.25, -0.2) is 4.98 Å². The molecule has 0 saturated carbocycles. The highest BCUT2D eigenvalue weighted by atomic mass is 32.1. The Bertz CT molecular complexity index is 447. The Balaban J connectivity index is 2.36. The lowest BCUT2D eigenvalue weighted by atomic mass is 10.1. The zero-order valence-electron chi connectivity index (χ0n) is 9.17. The molecule has 0 aliphatic rings. The smallest absolute Gasteiger partial charge is 0.168 e. The van der Waals surface area contributed by atoms with E-state index < -0.39 is 0 Å². The quantitative estimate of drug-likeness (QED) is 0.745. The Hall–Kier alpha value is -1.42. The van der Waals surface area contributed by atoms with Crippen molar-refractivity contribution < 1.29 is 4.79 Å². The molecular formula is C12H14N2OS. The maximum Gasteiger partial charge on any atom is 0.168 e. The largest absolute Gasteiger partial charge is 0.320 e. The van der Waals surface area contributed by atoms with Crippen LogP contribution >= 0.6 is 11.3 Å². The molecule has 0 aliphatic heterocycles. The summed E-state index contributed by atoms with van der Waals surface area (Å²) in [6.07, 6.45) is 6.33. The van der Waals surface area contributed by atoms with E-state index in [1.165, 1.54) is 4.88 Å². The average Bonchev–Trinajstić information content (AvgIpc) is 2.96. The van der Waals surface area contributed by atoms with Crippen LogP contribution in [0.3, 0.4) is 0 Å². The van der Waals surface area contributed by atoms with Crippen LogP contribution in [-0.4, -0.2) is 15.8 Å². The molecule has 3 nitrogen and oxygen atoms in total. The number of imidazole rings is 1. The molecule has 1 atom stereocenters. The van der Waals surface area contributed by atoms with Crippen LogP contribution in [0.5, 0.6) is 0 Å². The molecule has 0 spiro atoms. The van der Waals surface area contributed by atoms with E-state index in [9.17, 15) is 4.79 Å². The lowest BCUT2D eigenvalue weighted by molar-refractivity contribution is 0.111. The van der Waals surface area contributed by atoms with E-state index in [0.29, 0.717) is 5.69 Å². The van der Waals surface area contributed by atoms with Gasteiger partial charge >= 0.3 is 0 Å². The van der Waals surface area contributed by atoms with Crippen molar-refractivity contribution in [1.82, 2.24) is 9.55 Å². The summed E-state index contributed by atoms with van der Waals surface area (Å²) in [5, 5.41) is 2.06. The van der Waals surface area contributed by atoms with Crippen molar-refractivity contribution in [3.05, 3.63) is 40.6 Å². The maximum absolute atomic E-state index is 10.9. The van der Waals surface area contributed by atoms with Gasteiger partial charge < -0.3 is 4.57 Å². The van der Waals surface area contributed by atoms with E-state index in [0.717, 1.165) is 19.1 Å². The minimum absolute atomic E-state index is 0.243. The van der Waals surface area contributed by atoms with Gasteiger partial charge in [-0.2, -0.15) is 0 Å². The maximum atomic E-state index is 10.9. The second-order valence-corrected chi connectivity index (χ2v) is 4.64. The number of hydrogen-bond acceptors (Lipinski definition) is 3. The third kappa shape index (κ3) is 2.07. The Kier molecular flexibility index (Phi) is 3.51. The Morgan fingerprint density at radius 2 is 2.50 bits per heavy atom. The average molecular weight is 234 g/mol. The first kappa shape index (κ1) is 11.1. The van der Waals surface area contributed by atoms with Crippen molar-refractivity contribution in [2.45, 2.75) is 25.8 Å². The summed E-state index contributed by atoms with van der Waals surface area (Å²) in [7, 11) is 0. The van der Waals surface area contributed by atoms with E-state index in [1.54, 1.807) is 23.9 Å². The van der Waals surface area contributed by atoms with Crippen LogP contribution in [0.2, 0.25) is 0 Å². The van der Waals surface area contributed by atoms with Crippen molar-refractivity contribution in [3.63, 3.8) is 0 Å². The molecular weight excluding hydrogens is 220 g/mol. The monoisotopic (exact) mass is 234 g/mol. The van der Waals surface area contributed by atoms with Gasteiger partial charge in [-0.3, -0.25) is 4.79 Å². The Morgan fingerprint density at radius 3 is 3.12 bits per heavy atom. The Labute approximate surface area is 98.8 Å². The SMILES string of the molecule is CCCC(c1cccs1)n1cncc1C=O. The first-order valence-electron chi connectivity index (χ1n) is 5.37. The molecule has 0 aromatic carbocycles. The molecule has 84 valence electrons. The predicted molar refractivity (Wildman–Crippen MR) is 65.0 cm³/mol. The number of aromatic nitrogens is 2. The van der Waals surface area contributed by atoms with E-state index in [-0.39, 0.29) is 6.04 Å². The number of rotatable bonds is 5. The summed E-state index contributed by atoms with van der Waals surface area (Å²) in [6.45, 7) is 2.15. The molecule has 2 rings (SSSR count). The molecule has 0 N–H and O–H groups in total. The van der Waals surface area contributed by atoms with Gasteiger partial charge in [0.2, 0.25) is 0 Å². The third-order valence-electron chi connectivity index (χ3n) is 2.59. The normalized spacial score (nSPS) is 12.6. The third-order valence-corrected chi connectivity index (χ3v) is 3.56. The molecule has 0 fully saturated rings. The molecule has 0 bridgehead atoms. The minimum Gasteiger partial charge on any atom is -0.320 e. The van der Waals surface area contributed by atoms with Gasteiger partial charge in [-0.1, -0.05) is 19.4 Å². The zero-order chi connectivity index (χ0) is 11.4. The van der Waals surface area contributed by atoms with Crippen molar-refractivity contribution in [2.75, 3.05) is 0 Å². The number of thiophene rings is 1. The lowest BCUT2D eigenvalue weighted by Crippen LogP contribution is -2.10. The molecule has 16 heavy (non-hydrogen) atoms. The van der Waals surface area contributed by atoms with Crippen LogP contribution in [0.25, 0.3) is 0 Å². The second-order valence-electron chi connectivity index (χ2n) is 3.66. The van der Waals surface area contributed by atoms with E-state index in [1.807, 2.05) is 10.6 Å². The highest BCUT2D eigenvalue weighted by Crippen LogP contribution is 2.28. The van der Waals surface area contributed by atoms with Crippen molar-refractivity contribution in [2.24, 2.45) is 0 Å². The number of hydrogen-bond donors (Lipinski definition) is 0. The summed E-state index contributed by atoms with van der Waals surface area (Å²) >= 11 is 1.72. The van der Waals surface area contributed by atoms with Crippen molar-refractivity contribution in [3.8, 4) is 0 Å². The van der Waals surface area contributed by atoms with E-state index >= 15 is 0 Å². The van der Waals surface area contributed by atoms with Crippen molar-refractivity contribution in [1.29, 1.82) is 0 Å². The summed E-state index contributed by atoms with van der Waals surface area (Å²) in [5.74, 6) is 0. The van der Waals surface area contributed by atoms with Crippen LogP contribution < -0.4 is 0 Å². The number of carbonyl (C=O) groups excluding carboxylic acids is 1. The topological polar surface area (TPSA) is 34.9 Å². The summed E-state index contributed by atoms with van der Waals surface area (Å²) < 4.78 is 1.96.